The summed E-state index contributed by atoms with van der Waals surface area (Å²) in [5.41, 5.74) is -0.398. The Morgan fingerprint density at radius 3 is 2.11 bits per heavy atom. The molecule has 1 heterocycles. The van der Waals surface area contributed by atoms with Gasteiger partial charge < -0.3 is 9.31 Å². The summed E-state index contributed by atoms with van der Waals surface area (Å²) in [6.07, 6.45) is 0. The van der Waals surface area contributed by atoms with E-state index in [-0.39, 0.29) is 0 Å². The summed E-state index contributed by atoms with van der Waals surface area (Å²) >= 11 is 0. The average molecular weight is 254 g/mol. The molecule has 1 aromatic carbocycles. The van der Waals surface area contributed by atoms with Crippen LogP contribution in [0.25, 0.3) is 0 Å². The van der Waals surface area contributed by atoms with Gasteiger partial charge in [0.1, 0.15) is 12.5 Å². The molecule has 0 unspecified atom stereocenters. The third-order valence-corrected chi connectivity index (χ3v) is 3.73. The van der Waals surface area contributed by atoms with Crippen molar-refractivity contribution in [2.45, 2.75) is 45.6 Å². The molecule has 0 bridgehead atoms. The zero-order valence-electron chi connectivity index (χ0n) is 11.1. The lowest BCUT2D eigenvalue weighted by Crippen LogP contribution is -2.41. The zero-order valence-corrected chi connectivity index (χ0v) is 11.1. The second kappa shape index (κ2) is 4.32. The number of hydrogen-bond donors (Lipinski definition) is 0. The van der Waals surface area contributed by atoms with Crippen molar-refractivity contribution < 1.29 is 18.1 Å². The van der Waals surface area contributed by atoms with E-state index in [9.17, 15) is 8.78 Å². The third-order valence-electron chi connectivity index (χ3n) is 3.73. The summed E-state index contributed by atoms with van der Waals surface area (Å²) < 4.78 is 37.8. The predicted molar refractivity (Wildman–Crippen MR) is 66.9 cm³/mol. The Balaban J connectivity index is 2.30. The average Bonchev–Trinajstić information content (AvgIpc) is 2.47. The number of alkyl halides is 1. The Labute approximate surface area is 106 Å². The van der Waals surface area contributed by atoms with Crippen molar-refractivity contribution in [3.8, 4) is 0 Å². The molecule has 1 aromatic rings. The van der Waals surface area contributed by atoms with Gasteiger partial charge in [0.15, 0.2) is 0 Å². The van der Waals surface area contributed by atoms with Gasteiger partial charge in [-0.2, -0.15) is 0 Å². The van der Waals surface area contributed by atoms with E-state index in [1.807, 2.05) is 27.7 Å². The molecule has 18 heavy (non-hydrogen) atoms. The lowest BCUT2D eigenvalue weighted by molar-refractivity contribution is 0.00578. The highest BCUT2D eigenvalue weighted by Crippen LogP contribution is 2.36. The molecule has 1 saturated heterocycles. The highest BCUT2D eigenvalue weighted by atomic mass is 19.1. The summed E-state index contributed by atoms with van der Waals surface area (Å²) in [5, 5.41) is 0. The molecule has 1 aliphatic rings. The Hall–Kier alpha value is -0.935. The van der Waals surface area contributed by atoms with E-state index in [0.717, 1.165) is 0 Å². The maximum Gasteiger partial charge on any atom is 0.497 e. The van der Waals surface area contributed by atoms with Gasteiger partial charge in [-0.25, -0.2) is 8.78 Å². The lowest BCUT2D eigenvalue weighted by atomic mass is 9.78. The molecule has 0 spiro atoms. The summed E-state index contributed by atoms with van der Waals surface area (Å²) in [5.74, 6) is -0.497. The maximum absolute atomic E-state index is 13.9. The number of rotatable bonds is 2. The second-order valence-electron chi connectivity index (χ2n) is 5.58. The predicted octanol–water partition coefficient (Wildman–Crippen LogP) is 2.59. The van der Waals surface area contributed by atoms with Crippen molar-refractivity contribution in [2.24, 2.45) is 0 Å². The highest BCUT2D eigenvalue weighted by Gasteiger charge is 2.52. The molecule has 1 aliphatic heterocycles. The molecule has 2 nitrogen and oxygen atoms in total. The van der Waals surface area contributed by atoms with Crippen LogP contribution in [0.3, 0.4) is 0 Å². The van der Waals surface area contributed by atoms with Crippen molar-refractivity contribution in [1.29, 1.82) is 0 Å². The van der Waals surface area contributed by atoms with Crippen LogP contribution < -0.4 is 5.46 Å². The van der Waals surface area contributed by atoms with Gasteiger partial charge in [0.25, 0.3) is 0 Å². The van der Waals surface area contributed by atoms with E-state index >= 15 is 0 Å². The van der Waals surface area contributed by atoms with Crippen molar-refractivity contribution in [2.75, 3.05) is 0 Å². The highest BCUT2D eigenvalue weighted by molar-refractivity contribution is 6.62. The van der Waals surface area contributed by atoms with Crippen molar-refractivity contribution in [3.05, 3.63) is 29.6 Å². The van der Waals surface area contributed by atoms with Crippen LogP contribution in [0, 0.1) is 5.82 Å². The summed E-state index contributed by atoms with van der Waals surface area (Å²) in [6.45, 7) is 6.93. The van der Waals surface area contributed by atoms with Crippen LogP contribution in [0.1, 0.15) is 33.3 Å². The van der Waals surface area contributed by atoms with Crippen LogP contribution in [-0.2, 0) is 16.0 Å². The summed E-state index contributed by atoms with van der Waals surface area (Å²) in [7, 11) is -0.747. The van der Waals surface area contributed by atoms with Gasteiger partial charge >= 0.3 is 7.12 Å². The molecule has 2 rings (SSSR count). The van der Waals surface area contributed by atoms with E-state index in [1.54, 1.807) is 6.07 Å². The van der Waals surface area contributed by atoms with E-state index in [1.165, 1.54) is 12.1 Å². The molecule has 0 amide bonds. The van der Waals surface area contributed by atoms with Gasteiger partial charge in [-0.05, 0) is 39.3 Å². The molecular formula is C13H17BF2O2. The Bertz CT molecular complexity index is 444. The normalized spacial score (nSPS) is 21.3. The van der Waals surface area contributed by atoms with Crippen molar-refractivity contribution >= 4 is 12.6 Å². The molecule has 0 aliphatic carbocycles. The van der Waals surface area contributed by atoms with Crippen molar-refractivity contribution in [1.82, 2.24) is 0 Å². The zero-order chi connectivity index (χ0) is 13.6. The number of halogens is 2. The van der Waals surface area contributed by atoms with E-state index in [2.05, 4.69) is 0 Å². The topological polar surface area (TPSA) is 18.5 Å². The minimum Gasteiger partial charge on any atom is -0.399 e. The fraction of sp³-hybridized carbons (Fsp3) is 0.538. The van der Waals surface area contributed by atoms with Gasteiger partial charge in [-0.15, -0.1) is 0 Å². The van der Waals surface area contributed by atoms with E-state index in [0.29, 0.717) is 11.0 Å². The van der Waals surface area contributed by atoms with Crippen LogP contribution in [-0.4, -0.2) is 18.3 Å². The first-order chi connectivity index (χ1) is 8.27. The van der Waals surface area contributed by atoms with Gasteiger partial charge in [0, 0.05) is 5.46 Å². The first-order valence-electron chi connectivity index (χ1n) is 5.97. The molecule has 0 N–H and O–H groups in total. The minimum atomic E-state index is -0.747. The monoisotopic (exact) mass is 254 g/mol. The van der Waals surface area contributed by atoms with Crippen LogP contribution in [0.5, 0.6) is 0 Å². The Kier molecular flexibility index (Phi) is 3.24. The Morgan fingerprint density at radius 1 is 1.11 bits per heavy atom. The van der Waals surface area contributed by atoms with Crippen LogP contribution in [0.2, 0.25) is 0 Å². The number of benzene rings is 1. The fourth-order valence-corrected chi connectivity index (χ4v) is 1.81. The van der Waals surface area contributed by atoms with Gasteiger partial charge in [-0.1, -0.05) is 12.1 Å². The first-order valence-corrected chi connectivity index (χ1v) is 5.97. The fourth-order valence-electron chi connectivity index (χ4n) is 1.81. The summed E-state index contributed by atoms with van der Waals surface area (Å²) in [4.78, 5) is 0. The standard InChI is InChI=1S/C13H17BF2O2/c1-12(2)13(3,4)18-14(17-12)10-6-5-9(8-15)7-11(10)16/h5-7H,8H2,1-4H3. The molecule has 0 radical (unpaired) electrons. The smallest absolute Gasteiger partial charge is 0.399 e. The molecule has 98 valence electrons. The van der Waals surface area contributed by atoms with E-state index < -0.39 is 30.8 Å². The number of hydrogen-bond acceptors (Lipinski definition) is 2. The molecule has 0 atom stereocenters. The first kappa shape index (κ1) is 13.5. The van der Waals surface area contributed by atoms with Crippen molar-refractivity contribution in [3.63, 3.8) is 0 Å². The molecule has 5 heteroatoms. The minimum absolute atomic E-state index is 0.311. The van der Waals surface area contributed by atoms with Crippen LogP contribution >= 0.6 is 0 Å². The third kappa shape index (κ3) is 2.17. The Morgan fingerprint density at radius 2 is 1.67 bits per heavy atom. The quantitative estimate of drug-likeness (QED) is 0.755. The molecule has 0 aromatic heterocycles. The lowest BCUT2D eigenvalue weighted by Gasteiger charge is -2.32. The van der Waals surface area contributed by atoms with E-state index in [4.69, 9.17) is 9.31 Å². The molecule has 1 fully saturated rings. The molecule has 0 saturated carbocycles. The largest absolute Gasteiger partial charge is 0.497 e. The van der Waals surface area contributed by atoms with Gasteiger partial charge in [-0.3, -0.25) is 0 Å². The summed E-state index contributed by atoms with van der Waals surface area (Å²) in [6, 6.07) is 4.25. The second-order valence-corrected chi connectivity index (χ2v) is 5.58. The van der Waals surface area contributed by atoms with Crippen LogP contribution in [0.4, 0.5) is 8.78 Å². The maximum atomic E-state index is 13.9. The van der Waals surface area contributed by atoms with Crippen LogP contribution in [0.15, 0.2) is 18.2 Å². The van der Waals surface area contributed by atoms with Gasteiger partial charge in [0.2, 0.25) is 0 Å². The molecular weight excluding hydrogens is 237 g/mol. The van der Waals surface area contributed by atoms with Gasteiger partial charge in [0.05, 0.1) is 11.2 Å². The SMILES string of the molecule is CC1(C)OB(c2ccc(CF)cc2F)OC1(C)C.